The van der Waals surface area contributed by atoms with E-state index in [1.165, 1.54) is 18.4 Å². The Labute approximate surface area is 135 Å². The minimum absolute atomic E-state index is 0.0892. The molecule has 21 heavy (non-hydrogen) atoms. The molecule has 120 valence electrons. The summed E-state index contributed by atoms with van der Waals surface area (Å²) in [4.78, 5) is 2.61. The van der Waals surface area contributed by atoms with Crippen molar-refractivity contribution < 1.29 is 0 Å². The quantitative estimate of drug-likeness (QED) is 0.704. The van der Waals surface area contributed by atoms with Gasteiger partial charge in [0.25, 0.3) is 0 Å². The molecular formula is C18H31ClN2. The molecule has 1 rings (SSSR count). The molecule has 0 aliphatic heterocycles. The zero-order valence-electron chi connectivity index (χ0n) is 14.0. The van der Waals surface area contributed by atoms with Gasteiger partial charge in [0, 0.05) is 30.2 Å². The molecule has 1 atom stereocenters. The Balaban J connectivity index is 2.60. The second-order valence-corrected chi connectivity index (χ2v) is 6.74. The molecule has 1 aromatic rings. The molecule has 0 saturated carbocycles. The molecule has 0 radical (unpaired) electrons. The van der Waals surface area contributed by atoms with Crippen molar-refractivity contribution in [2.24, 2.45) is 11.7 Å². The molecule has 3 heteroatoms. The normalized spacial score (nSPS) is 13.4. The SMILES string of the molecule is CCC(CC)N(CCC(N)c1ccc(Cl)cc1)CC(C)C. The number of nitrogens with two attached hydrogens (primary N) is 1. The third-order valence-electron chi connectivity index (χ3n) is 4.08. The minimum Gasteiger partial charge on any atom is -0.324 e. The van der Waals surface area contributed by atoms with E-state index in [2.05, 4.69) is 32.6 Å². The number of hydrogen-bond donors (Lipinski definition) is 1. The first kappa shape index (κ1) is 18.5. The van der Waals surface area contributed by atoms with Gasteiger partial charge in [0.15, 0.2) is 0 Å². The lowest BCUT2D eigenvalue weighted by molar-refractivity contribution is 0.160. The largest absolute Gasteiger partial charge is 0.324 e. The maximum absolute atomic E-state index is 6.34. The van der Waals surface area contributed by atoms with Gasteiger partial charge < -0.3 is 10.6 Å². The molecule has 0 bridgehead atoms. The van der Waals surface area contributed by atoms with Crippen LogP contribution in [0, 0.1) is 5.92 Å². The lowest BCUT2D eigenvalue weighted by atomic mass is 10.0. The average Bonchev–Trinajstić information content (AvgIpc) is 2.45. The number of nitrogens with zero attached hydrogens (tertiary/aromatic N) is 1. The summed E-state index contributed by atoms with van der Waals surface area (Å²) in [5.74, 6) is 0.692. The van der Waals surface area contributed by atoms with E-state index in [9.17, 15) is 0 Å². The van der Waals surface area contributed by atoms with Crippen molar-refractivity contribution in [2.45, 2.75) is 59.0 Å². The summed E-state index contributed by atoms with van der Waals surface area (Å²) in [6.07, 6.45) is 3.41. The van der Waals surface area contributed by atoms with Crippen molar-refractivity contribution in [3.63, 3.8) is 0 Å². The average molecular weight is 311 g/mol. The van der Waals surface area contributed by atoms with Gasteiger partial charge in [0.1, 0.15) is 0 Å². The van der Waals surface area contributed by atoms with Crippen LogP contribution in [0.2, 0.25) is 5.02 Å². The van der Waals surface area contributed by atoms with Gasteiger partial charge >= 0.3 is 0 Å². The topological polar surface area (TPSA) is 29.3 Å². The van der Waals surface area contributed by atoms with Crippen molar-refractivity contribution in [3.8, 4) is 0 Å². The van der Waals surface area contributed by atoms with Gasteiger partial charge in [0.2, 0.25) is 0 Å². The van der Waals surface area contributed by atoms with Gasteiger partial charge in [-0.25, -0.2) is 0 Å². The van der Waals surface area contributed by atoms with Crippen LogP contribution in [0.1, 0.15) is 58.6 Å². The van der Waals surface area contributed by atoms with Crippen LogP contribution < -0.4 is 5.73 Å². The van der Waals surface area contributed by atoms with E-state index in [0.29, 0.717) is 12.0 Å². The summed E-state index contributed by atoms with van der Waals surface area (Å²) in [5, 5.41) is 0.768. The molecule has 0 saturated heterocycles. The molecule has 1 aromatic carbocycles. The van der Waals surface area contributed by atoms with E-state index < -0.39 is 0 Å². The van der Waals surface area contributed by atoms with E-state index in [0.717, 1.165) is 24.5 Å². The molecule has 0 heterocycles. The highest BCUT2D eigenvalue weighted by Crippen LogP contribution is 2.19. The number of hydrogen-bond acceptors (Lipinski definition) is 2. The Morgan fingerprint density at radius 3 is 2.14 bits per heavy atom. The van der Waals surface area contributed by atoms with Crippen molar-refractivity contribution >= 4 is 11.6 Å². The van der Waals surface area contributed by atoms with Crippen LogP contribution in [0.5, 0.6) is 0 Å². The molecule has 0 aliphatic rings. The summed E-state index contributed by atoms with van der Waals surface area (Å²) in [7, 11) is 0. The van der Waals surface area contributed by atoms with Gasteiger partial charge in [-0.2, -0.15) is 0 Å². The van der Waals surface area contributed by atoms with Gasteiger partial charge in [-0.15, -0.1) is 0 Å². The number of rotatable bonds is 9. The van der Waals surface area contributed by atoms with E-state index in [-0.39, 0.29) is 6.04 Å². The van der Waals surface area contributed by atoms with E-state index >= 15 is 0 Å². The molecule has 2 nitrogen and oxygen atoms in total. The fourth-order valence-corrected chi connectivity index (χ4v) is 3.00. The first-order valence-electron chi connectivity index (χ1n) is 8.22. The lowest BCUT2D eigenvalue weighted by Crippen LogP contribution is -2.39. The molecule has 0 aliphatic carbocycles. The molecular weight excluding hydrogens is 280 g/mol. The van der Waals surface area contributed by atoms with Crippen molar-refractivity contribution in [3.05, 3.63) is 34.9 Å². The van der Waals surface area contributed by atoms with Crippen LogP contribution >= 0.6 is 11.6 Å². The Hall–Kier alpha value is -0.570. The first-order chi connectivity index (χ1) is 9.97. The first-order valence-corrected chi connectivity index (χ1v) is 8.60. The second kappa shape index (κ2) is 9.45. The molecule has 2 N–H and O–H groups in total. The van der Waals surface area contributed by atoms with Crippen LogP contribution in [0.3, 0.4) is 0 Å². The van der Waals surface area contributed by atoms with Crippen molar-refractivity contribution in [1.29, 1.82) is 0 Å². The molecule has 0 aromatic heterocycles. The Morgan fingerprint density at radius 1 is 1.10 bits per heavy atom. The highest BCUT2D eigenvalue weighted by molar-refractivity contribution is 6.30. The van der Waals surface area contributed by atoms with Crippen LogP contribution in [-0.2, 0) is 0 Å². The van der Waals surface area contributed by atoms with E-state index in [1.54, 1.807) is 0 Å². The van der Waals surface area contributed by atoms with Crippen molar-refractivity contribution in [1.82, 2.24) is 4.90 Å². The summed E-state index contributed by atoms with van der Waals surface area (Å²) < 4.78 is 0. The number of halogens is 1. The summed E-state index contributed by atoms with van der Waals surface area (Å²) in [6.45, 7) is 11.3. The Bertz CT molecular complexity index is 385. The van der Waals surface area contributed by atoms with Gasteiger partial charge in [-0.3, -0.25) is 0 Å². The summed E-state index contributed by atoms with van der Waals surface area (Å²) >= 11 is 5.93. The fraction of sp³-hybridized carbons (Fsp3) is 0.667. The monoisotopic (exact) mass is 310 g/mol. The Kier molecular flexibility index (Phi) is 8.31. The van der Waals surface area contributed by atoms with E-state index in [1.807, 2.05) is 24.3 Å². The fourth-order valence-electron chi connectivity index (χ4n) is 2.88. The minimum atomic E-state index is 0.0892. The lowest BCUT2D eigenvalue weighted by Gasteiger charge is -2.32. The Morgan fingerprint density at radius 2 is 1.67 bits per heavy atom. The standard InChI is InChI=1S/C18H31ClN2/c1-5-17(6-2)21(13-14(3)4)12-11-18(20)15-7-9-16(19)10-8-15/h7-10,14,17-18H,5-6,11-13,20H2,1-4H3. The highest BCUT2D eigenvalue weighted by atomic mass is 35.5. The predicted octanol–water partition coefficient (Wildman–Crippen LogP) is 4.88. The number of benzene rings is 1. The molecule has 0 amide bonds. The molecule has 0 fully saturated rings. The molecule has 1 unspecified atom stereocenters. The third kappa shape index (κ3) is 6.37. The maximum atomic E-state index is 6.34. The predicted molar refractivity (Wildman–Crippen MR) is 93.8 cm³/mol. The summed E-state index contributed by atoms with van der Waals surface area (Å²) in [5.41, 5.74) is 7.51. The second-order valence-electron chi connectivity index (χ2n) is 6.31. The van der Waals surface area contributed by atoms with Crippen LogP contribution in [-0.4, -0.2) is 24.0 Å². The smallest absolute Gasteiger partial charge is 0.0406 e. The van der Waals surface area contributed by atoms with Crippen LogP contribution in [0.25, 0.3) is 0 Å². The van der Waals surface area contributed by atoms with E-state index in [4.69, 9.17) is 17.3 Å². The third-order valence-corrected chi connectivity index (χ3v) is 4.34. The van der Waals surface area contributed by atoms with Gasteiger partial charge in [-0.1, -0.05) is 51.4 Å². The van der Waals surface area contributed by atoms with Crippen LogP contribution in [0.4, 0.5) is 0 Å². The van der Waals surface area contributed by atoms with Gasteiger partial charge in [0.05, 0.1) is 0 Å². The molecule has 0 spiro atoms. The maximum Gasteiger partial charge on any atom is 0.0406 e. The zero-order valence-corrected chi connectivity index (χ0v) is 14.7. The van der Waals surface area contributed by atoms with Crippen LogP contribution in [0.15, 0.2) is 24.3 Å². The van der Waals surface area contributed by atoms with Gasteiger partial charge in [-0.05, 0) is 42.9 Å². The highest BCUT2D eigenvalue weighted by Gasteiger charge is 2.17. The zero-order chi connectivity index (χ0) is 15.8. The summed E-state index contributed by atoms with van der Waals surface area (Å²) in [6, 6.07) is 8.68. The van der Waals surface area contributed by atoms with Crippen molar-refractivity contribution in [2.75, 3.05) is 13.1 Å².